The van der Waals surface area contributed by atoms with Crippen LogP contribution >= 0.6 is 11.8 Å². The van der Waals surface area contributed by atoms with Gasteiger partial charge in [0.2, 0.25) is 10.0 Å². The Kier molecular flexibility index (Phi) is 5.76. The van der Waals surface area contributed by atoms with Gasteiger partial charge in [-0.1, -0.05) is 6.92 Å². The van der Waals surface area contributed by atoms with E-state index in [2.05, 4.69) is 21.5 Å². The van der Waals surface area contributed by atoms with Gasteiger partial charge in [0.25, 0.3) is 0 Å². The molecule has 0 bridgehead atoms. The molecule has 1 saturated carbocycles. The van der Waals surface area contributed by atoms with Crippen molar-refractivity contribution in [1.82, 2.24) is 14.6 Å². The second kappa shape index (κ2) is 7.17. The van der Waals surface area contributed by atoms with E-state index < -0.39 is 10.0 Å². The van der Waals surface area contributed by atoms with Gasteiger partial charge < -0.3 is 9.88 Å². The van der Waals surface area contributed by atoms with Crippen molar-refractivity contribution in [2.24, 2.45) is 0 Å². The summed E-state index contributed by atoms with van der Waals surface area (Å²) in [6.07, 6.45) is 6.95. The minimum atomic E-state index is -3.40. The third-order valence-electron chi connectivity index (χ3n) is 3.76. The van der Waals surface area contributed by atoms with E-state index >= 15 is 0 Å². The van der Waals surface area contributed by atoms with E-state index in [0.29, 0.717) is 29.3 Å². The smallest absolute Gasteiger partial charge is 0.242 e. The van der Waals surface area contributed by atoms with Crippen LogP contribution < -0.4 is 10.0 Å². The molecule has 1 aliphatic carbocycles. The van der Waals surface area contributed by atoms with Crippen molar-refractivity contribution in [3.63, 3.8) is 0 Å². The molecule has 1 atom stereocenters. The molecular formula is C14H25N3O2S2. The molecule has 0 aromatic carbocycles. The Morgan fingerprint density at radius 2 is 2.19 bits per heavy atom. The molecule has 1 fully saturated rings. The van der Waals surface area contributed by atoms with Crippen LogP contribution in [-0.2, 0) is 16.6 Å². The fourth-order valence-corrected chi connectivity index (χ4v) is 3.71. The zero-order chi connectivity index (χ0) is 15.5. The summed E-state index contributed by atoms with van der Waals surface area (Å²) >= 11 is 1.75. The summed E-state index contributed by atoms with van der Waals surface area (Å²) in [6, 6.07) is 2.27. The highest BCUT2D eigenvalue weighted by molar-refractivity contribution is 7.99. The van der Waals surface area contributed by atoms with Gasteiger partial charge in [0.05, 0.1) is 4.90 Å². The fourth-order valence-electron chi connectivity index (χ4n) is 2.26. The molecule has 0 aliphatic heterocycles. The lowest BCUT2D eigenvalue weighted by molar-refractivity contribution is 0.578. The van der Waals surface area contributed by atoms with E-state index in [0.717, 1.165) is 25.0 Å². The predicted molar refractivity (Wildman–Crippen MR) is 88.2 cm³/mol. The zero-order valence-electron chi connectivity index (χ0n) is 12.9. The molecule has 1 heterocycles. The number of thioether (sulfide) groups is 1. The van der Waals surface area contributed by atoms with E-state index in [4.69, 9.17) is 0 Å². The fraction of sp³-hybridized carbons (Fsp3) is 0.714. The van der Waals surface area contributed by atoms with Crippen molar-refractivity contribution >= 4 is 21.8 Å². The third-order valence-corrected chi connectivity index (χ3v) is 6.23. The van der Waals surface area contributed by atoms with Gasteiger partial charge in [-0.3, -0.25) is 0 Å². The number of nitrogens with one attached hydrogen (secondary N) is 2. The van der Waals surface area contributed by atoms with Gasteiger partial charge in [0.15, 0.2) is 0 Å². The van der Waals surface area contributed by atoms with Crippen LogP contribution in [0.3, 0.4) is 0 Å². The van der Waals surface area contributed by atoms with Crippen LogP contribution in [0.15, 0.2) is 17.2 Å². The number of rotatable bonds is 9. The lowest BCUT2D eigenvalue weighted by Crippen LogP contribution is -2.26. The van der Waals surface area contributed by atoms with E-state index in [1.807, 2.05) is 13.3 Å². The largest absolute Gasteiger partial charge is 0.346 e. The molecule has 1 aliphatic rings. The van der Waals surface area contributed by atoms with E-state index in [-0.39, 0.29) is 0 Å². The first-order chi connectivity index (χ1) is 9.97. The number of aromatic nitrogens is 1. The van der Waals surface area contributed by atoms with Crippen molar-refractivity contribution < 1.29 is 8.42 Å². The van der Waals surface area contributed by atoms with Crippen molar-refractivity contribution in [2.45, 2.75) is 48.9 Å². The normalized spacial score (nSPS) is 17.1. The SMILES string of the molecule is CNCc1cc(S(=O)(=O)NCCC(C)SC)cn1C1CC1. The second-order valence-corrected chi connectivity index (χ2v) is 8.61. The first-order valence-corrected chi connectivity index (χ1v) is 10.1. The number of sulfonamides is 1. The Morgan fingerprint density at radius 3 is 2.76 bits per heavy atom. The summed E-state index contributed by atoms with van der Waals surface area (Å²) in [4.78, 5) is 0.386. The van der Waals surface area contributed by atoms with Crippen LogP contribution in [0, 0.1) is 0 Å². The first-order valence-electron chi connectivity index (χ1n) is 7.35. The average molecular weight is 332 g/mol. The molecule has 7 heteroatoms. The van der Waals surface area contributed by atoms with Gasteiger partial charge in [0, 0.05) is 36.3 Å². The van der Waals surface area contributed by atoms with Crippen LogP contribution in [0.4, 0.5) is 0 Å². The molecule has 1 aromatic heterocycles. The summed E-state index contributed by atoms with van der Waals surface area (Å²) in [5.41, 5.74) is 1.04. The molecule has 21 heavy (non-hydrogen) atoms. The van der Waals surface area contributed by atoms with E-state index in [9.17, 15) is 8.42 Å². The maximum atomic E-state index is 12.4. The maximum Gasteiger partial charge on any atom is 0.242 e. The topological polar surface area (TPSA) is 63.1 Å². The lowest BCUT2D eigenvalue weighted by atomic mass is 10.3. The van der Waals surface area contributed by atoms with Gasteiger partial charge in [-0.05, 0) is 38.6 Å². The Labute approximate surface area is 131 Å². The standard InChI is InChI=1S/C14H25N3O2S2/c1-11(20-3)6-7-16-21(18,19)14-8-13(9-15-2)17(10-14)12-4-5-12/h8,10-12,15-16H,4-7,9H2,1-3H3. The average Bonchev–Trinajstić information content (AvgIpc) is 3.19. The van der Waals surface area contributed by atoms with Gasteiger partial charge >= 0.3 is 0 Å². The molecule has 2 rings (SSSR count). The van der Waals surface area contributed by atoms with Crippen LogP contribution in [-0.4, -0.2) is 38.1 Å². The van der Waals surface area contributed by atoms with Crippen molar-refractivity contribution in [3.05, 3.63) is 18.0 Å². The quantitative estimate of drug-likeness (QED) is 0.726. The van der Waals surface area contributed by atoms with E-state index in [1.165, 1.54) is 0 Å². The van der Waals surface area contributed by atoms with E-state index in [1.54, 1.807) is 24.0 Å². The summed E-state index contributed by atoms with van der Waals surface area (Å²) in [7, 11) is -1.52. The molecule has 120 valence electrons. The summed E-state index contributed by atoms with van der Waals surface area (Å²) in [5, 5.41) is 3.56. The van der Waals surface area contributed by atoms with Gasteiger partial charge in [-0.15, -0.1) is 0 Å². The molecular weight excluding hydrogens is 306 g/mol. The highest BCUT2D eigenvalue weighted by atomic mass is 32.2. The first kappa shape index (κ1) is 16.9. The minimum absolute atomic E-state index is 0.386. The molecule has 1 unspecified atom stereocenters. The van der Waals surface area contributed by atoms with Crippen molar-refractivity contribution in [3.8, 4) is 0 Å². The van der Waals surface area contributed by atoms with Gasteiger partial charge in [0.1, 0.15) is 0 Å². The Hall–Kier alpha value is -0.500. The third kappa shape index (κ3) is 4.48. The molecule has 0 saturated heterocycles. The maximum absolute atomic E-state index is 12.4. The predicted octanol–water partition coefficient (Wildman–Crippen LogP) is 1.96. The Bertz CT molecular complexity index is 565. The number of hydrogen-bond acceptors (Lipinski definition) is 4. The second-order valence-electron chi connectivity index (χ2n) is 5.57. The minimum Gasteiger partial charge on any atom is -0.346 e. The molecule has 1 aromatic rings. The van der Waals surface area contributed by atoms with Crippen molar-refractivity contribution in [2.75, 3.05) is 19.8 Å². The van der Waals surface area contributed by atoms with Crippen LogP contribution in [0.2, 0.25) is 0 Å². The zero-order valence-corrected chi connectivity index (χ0v) is 14.6. The Balaban J connectivity index is 2.07. The lowest BCUT2D eigenvalue weighted by Gasteiger charge is -2.09. The molecule has 5 nitrogen and oxygen atoms in total. The molecule has 2 N–H and O–H groups in total. The van der Waals surface area contributed by atoms with Crippen LogP contribution in [0.25, 0.3) is 0 Å². The van der Waals surface area contributed by atoms with Gasteiger partial charge in [-0.25, -0.2) is 13.1 Å². The molecule has 0 spiro atoms. The highest BCUT2D eigenvalue weighted by Gasteiger charge is 2.27. The number of nitrogens with zero attached hydrogens (tertiary/aromatic N) is 1. The monoisotopic (exact) mass is 331 g/mol. The molecule has 0 amide bonds. The summed E-state index contributed by atoms with van der Waals surface area (Å²) in [6.45, 7) is 3.28. The highest BCUT2D eigenvalue weighted by Crippen LogP contribution is 2.37. The van der Waals surface area contributed by atoms with Crippen LogP contribution in [0.5, 0.6) is 0 Å². The van der Waals surface area contributed by atoms with Gasteiger partial charge in [-0.2, -0.15) is 11.8 Å². The summed E-state index contributed by atoms with van der Waals surface area (Å²) < 4.78 is 29.5. The van der Waals surface area contributed by atoms with Crippen molar-refractivity contribution in [1.29, 1.82) is 0 Å². The summed E-state index contributed by atoms with van der Waals surface area (Å²) in [5.74, 6) is 0. The Morgan fingerprint density at radius 1 is 1.48 bits per heavy atom. The van der Waals surface area contributed by atoms with Crippen LogP contribution in [0.1, 0.15) is 37.9 Å². The molecule has 0 radical (unpaired) electrons. The number of hydrogen-bond donors (Lipinski definition) is 2.